The first-order chi connectivity index (χ1) is 10.7. The summed E-state index contributed by atoms with van der Waals surface area (Å²) in [7, 11) is 0. The lowest BCUT2D eigenvalue weighted by atomic mass is 10.1. The van der Waals surface area contributed by atoms with E-state index in [-0.39, 0.29) is 5.69 Å². The van der Waals surface area contributed by atoms with E-state index in [4.69, 9.17) is 11.7 Å². The van der Waals surface area contributed by atoms with Crippen LogP contribution >= 0.6 is 0 Å². The van der Waals surface area contributed by atoms with Gasteiger partial charge in [-0.05, 0) is 24.3 Å². The Morgan fingerprint density at radius 2 is 1.91 bits per heavy atom. The zero-order valence-corrected chi connectivity index (χ0v) is 11.6. The molecule has 0 spiro atoms. The molecule has 1 amide bonds. The topological polar surface area (TPSA) is 93.3 Å². The second-order valence-electron chi connectivity index (χ2n) is 4.35. The number of carbonyl (C=O) groups is 1. The lowest BCUT2D eigenvalue weighted by Crippen LogP contribution is -2.17. The van der Waals surface area contributed by atoms with Gasteiger partial charge in [-0.2, -0.15) is 18.4 Å². The number of hydrogen-bond donors (Lipinski definition) is 3. The van der Waals surface area contributed by atoms with Crippen LogP contribution in [0, 0.1) is 23.7 Å². The number of benzene rings is 1. The van der Waals surface area contributed by atoms with E-state index in [1.807, 2.05) is 5.92 Å². The largest absolute Gasteiger partial charge is 0.511 e. The molecule has 120 valence electrons. The summed E-state index contributed by atoms with van der Waals surface area (Å²) in [5.41, 5.74) is -1.59. The Kier molecular flexibility index (Phi) is 5.77. The number of terminal acetylenes is 1. The third kappa shape index (κ3) is 5.06. The van der Waals surface area contributed by atoms with E-state index in [0.29, 0.717) is 0 Å². The molecule has 0 saturated carbocycles. The molecule has 0 saturated heterocycles. The van der Waals surface area contributed by atoms with Crippen molar-refractivity contribution >= 4 is 11.6 Å². The van der Waals surface area contributed by atoms with Crippen molar-refractivity contribution in [2.24, 2.45) is 0 Å². The SMILES string of the molecule is C#CC(O)C/C(O)=C(\C#N)C(=O)Nc1ccc(C(F)(F)F)cc1. The molecule has 1 rings (SSSR count). The Hall–Kier alpha value is -2.97. The number of nitrogens with one attached hydrogen (secondary N) is 1. The number of anilines is 1. The zero-order chi connectivity index (χ0) is 17.6. The van der Waals surface area contributed by atoms with Gasteiger partial charge in [0.25, 0.3) is 5.91 Å². The first kappa shape index (κ1) is 18.1. The van der Waals surface area contributed by atoms with Gasteiger partial charge in [0.2, 0.25) is 0 Å². The molecule has 0 radical (unpaired) electrons. The van der Waals surface area contributed by atoms with Crippen LogP contribution in [0.15, 0.2) is 35.6 Å². The van der Waals surface area contributed by atoms with Crippen LogP contribution < -0.4 is 5.32 Å². The maximum atomic E-state index is 12.4. The Bertz CT molecular complexity index is 695. The van der Waals surface area contributed by atoms with E-state index in [0.717, 1.165) is 24.3 Å². The van der Waals surface area contributed by atoms with Gasteiger partial charge >= 0.3 is 6.18 Å². The highest BCUT2D eigenvalue weighted by Gasteiger charge is 2.30. The zero-order valence-electron chi connectivity index (χ0n) is 11.6. The highest BCUT2D eigenvalue weighted by Crippen LogP contribution is 2.29. The first-order valence-electron chi connectivity index (χ1n) is 6.14. The minimum absolute atomic E-state index is 0.000971. The fourth-order valence-electron chi connectivity index (χ4n) is 1.53. The van der Waals surface area contributed by atoms with Crippen molar-refractivity contribution in [1.29, 1.82) is 5.26 Å². The summed E-state index contributed by atoms with van der Waals surface area (Å²) in [4.78, 5) is 11.8. The van der Waals surface area contributed by atoms with Gasteiger partial charge < -0.3 is 15.5 Å². The Labute approximate surface area is 129 Å². The number of nitrogens with zero attached hydrogens (tertiary/aromatic N) is 1. The lowest BCUT2D eigenvalue weighted by Gasteiger charge is -2.09. The summed E-state index contributed by atoms with van der Waals surface area (Å²) in [6.07, 6.45) is -1.49. The average molecular weight is 324 g/mol. The van der Waals surface area contributed by atoms with Crippen molar-refractivity contribution in [3.05, 3.63) is 41.2 Å². The molecule has 0 fully saturated rings. The number of rotatable bonds is 4. The Morgan fingerprint density at radius 3 is 2.35 bits per heavy atom. The minimum atomic E-state index is -4.51. The number of alkyl halides is 3. The fourth-order valence-corrected chi connectivity index (χ4v) is 1.53. The van der Waals surface area contributed by atoms with Gasteiger partial charge in [0.05, 0.1) is 5.56 Å². The molecule has 1 atom stereocenters. The molecule has 1 aromatic rings. The van der Waals surface area contributed by atoms with Crippen LogP contribution in [0.2, 0.25) is 0 Å². The summed E-state index contributed by atoms with van der Waals surface area (Å²) in [5, 5.41) is 29.8. The number of amides is 1. The van der Waals surface area contributed by atoms with E-state index in [9.17, 15) is 28.2 Å². The van der Waals surface area contributed by atoms with Crippen LogP contribution in [0.1, 0.15) is 12.0 Å². The van der Waals surface area contributed by atoms with Crippen LogP contribution in [0.25, 0.3) is 0 Å². The first-order valence-corrected chi connectivity index (χ1v) is 6.14. The van der Waals surface area contributed by atoms with Gasteiger partial charge in [0.15, 0.2) is 5.57 Å². The van der Waals surface area contributed by atoms with E-state index in [2.05, 4.69) is 5.32 Å². The van der Waals surface area contributed by atoms with Gasteiger partial charge in [-0.1, -0.05) is 5.92 Å². The van der Waals surface area contributed by atoms with Crippen LogP contribution in [0.3, 0.4) is 0 Å². The molecule has 0 aliphatic heterocycles. The summed E-state index contributed by atoms with van der Waals surface area (Å²) < 4.78 is 37.2. The maximum absolute atomic E-state index is 12.4. The van der Waals surface area contributed by atoms with Crippen LogP contribution in [0.5, 0.6) is 0 Å². The van der Waals surface area contributed by atoms with Crippen molar-refractivity contribution < 1.29 is 28.2 Å². The molecule has 0 aliphatic rings. The number of hydrogen-bond acceptors (Lipinski definition) is 4. The molecule has 1 aromatic carbocycles. The van der Waals surface area contributed by atoms with Gasteiger partial charge in [-0.25, -0.2) is 0 Å². The normalized spacial score (nSPS) is 13.3. The molecule has 0 bridgehead atoms. The predicted molar refractivity (Wildman–Crippen MR) is 74.8 cm³/mol. The monoisotopic (exact) mass is 324 g/mol. The van der Waals surface area contributed by atoms with Gasteiger partial charge in [0.1, 0.15) is 17.9 Å². The van der Waals surface area contributed by atoms with E-state index < -0.39 is 41.5 Å². The standard InChI is InChI=1S/C15H11F3N2O3/c1-2-11(21)7-13(22)12(8-19)14(23)20-10-5-3-9(4-6-10)15(16,17)18/h1,3-6,11,21-22H,7H2,(H,20,23)/b13-12-. The number of carbonyl (C=O) groups excluding carboxylic acids is 1. The Balaban J connectivity index is 2.92. The summed E-state index contributed by atoms with van der Waals surface area (Å²) in [6, 6.07) is 4.97. The summed E-state index contributed by atoms with van der Waals surface area (Å²) >= 11 is 0. The number of aliphatic hydroxyl groups is 2. The molecule has 0 heterocycles. The van der Waals surface area contributed by atoms with Crippen LogP contribution in [-0.4, -0.2) is 22.2 Å². The van der Waals surface area contributed by atoms with Crippen molar-refractivity contribution in [1.82, 2.24) is 0 Å². The molecular weight excluding hydrogens is 313 g/mol. The third-order valence-electron chi connectivity index (χ3n) is 2.68. The number of halogens is 3. The molecular formula is C15H11F3N2O3. The van der Waals surface area contributed by atoms with Gasteiger partial charge in [-0.15, -0.1) is 6.42 Å². The average Bonchev–Trinajstić information content (AvgIpc) is 2.47. The lowest BCUT2D eigenvalue weighted by molar-refractivity contribution is -0.137. The van der Waals surface area contributed by atoms with Crippen molar-refractivity contribution in [2.45, 2.75) is 18.7 Å². The molecule has 5 nitrogen and oxygen atoms in total. The molecule has 3 N–H and O–H groups in total. The second kappa shape index (κ2) is 7.34. The van der Waals surface area contributed by atoms with E-state index in [1.165, 1.54) is 6.07 Å². The van der Waals surface area contributed by atoms with Crippen LogP contribution in [-0.2, 0) is 11.0 Å². The third-order valence-corrected chi connectivity index (χ3v) is 2.68. The van der Waals surface area contributed by atoms with Crippen molar-refractivity contribution in [2.75, 3.05) is 5.32 Å². The number of aliphatic hydroxyl groups excluding tert-OH is 2. The van der Waals surface area contributed by atoms with E-state index in [1.54, 1.807) is 0 Å². The van der Waals surface area contributed by atoms with Crippen molar-refractivity contribution in [3.63, 3.8) is 0 Å². The van der Waals surface area contributed by atoms with Crippen molar-refractivity contribution in [3.8, 4) is 18.4 Å². The minimum Gasteiger partial charge on any atom is -0.511 e. The van der Waals surface area contributed by atoms with Gasteiger partial charge in [0, 0.05) is 12.1 Å². The fraction of sp³-hybridized carbons (Fsp3) is 0.200. The van der Waals surface area contributed by atoms with Gasteiger partial charge in [-0.3, -0.25) is 4.79 Å². The maximum Gasteiger partial charge on any atom is 0.416 e. The van der Waals surface area contributed by atoms with E-state index >= 15 is 0 Å². The van der Waals surface area contributed by atoms with Crippen LogP contribution in [0.4, 0.5) is 18.9 Å². The Morgan fingerprint density at radius 1 is 1.35 bits per heavy atom. The predicted octanol–water partition coefficient (Wildman–Crippen LogP) is 2.36. The highest BCUT2D eigenvalue weighted by molar-refractivity contribution is 6.06. The second-order valence-corrected chi connectivity index (χ2v) is 4.35. The molecule has 1 unspecified atom stereocenters. The number of nitriles is 1. The summed E-state index contributed by atoms with van der Waals surface area (Å²) in [5.74, 6) is 0.144. The smallest absolute Gasteiger partial charge is 0.416 e. The highest BCUT2D eigenvalue weighted by atomic mass is 19.4. The quantitative estimate of drug-likeness (QED) is 0.343. The molecule has 0 aromatic heterocycles. The molecule has 23 heavy (non-hydrogen) atoms. The molecule has 0 aliphatic carbocycles. The molecule has 8 heteroatoms. The summed E-state index contributed by atoms with van der Waals surface area (Å²) in [6.45, 7) is 0.